The van der Waals surface area contributed by atoms with Crippen molar-refractivity contribution < 1.29 is 4.74 Å². The van der Waals surface area contributed by atoms with E-state index in [0.717, 1.165) is 24.1 Å². The fourth-order valence-corrected chi connectivity index (χ4v) is 2.31. The van der Waals surface area contributed by atoms with Gasteiger partial charge in [-0.05, 0) is 31.4 Å². The Morgan fingerprint density at radius 2 is 2.18 bits per heavy atom. The predicted molar refractivity (Wildman–Crippen MR) is 74.5 cm³/mol. The van der Waals surface area contributed by atoms with Crippen molar-refractivity contribution in [1.82, 2.24) is 0 Å². The van der Waals surface area contributed by atoms with Gasteiger partial charge in [-0.25, -0.2) is 0 Å². The first-order chi connectivity index (χ1) is 8.11. The van der Waals surface area contributed by atoms with E-state index in [0.29, 0.717) is 17.1 Å². The highest BCUT2D eigenvalue weighted by molar-refractivity contribution is 7.80. The van der Waals surface area contributed by atoms with Gasteiger partial charge >= 0.3 is 0 Å². The van der Waals surface area contributed by atoms with Gasteiger partial charge in [0.1, 0.15) is 4.99 Å². The molecule has 0 amide bonds. The second-order valence-electron chi connectivity index (χ2n) is 4.53. The van der Waals surface area contributed by atoms with Gasteiger partial charge in [0, 0.05) is 24.4 Å². The van der Waals surface area contributed by atoms with Crippen LogP contribution < -0.4 is 11.1 Å². The first-order valence-corrected chi connectivity index (χ1v) is 6.21. The topological polar surface area (TPSA) is 47.3 Å². The molecule has 92 valence electrons. The van der Waals surface area contributed by atoms with Crippen LogP contribution in [0.15, 0.2) is 18.2 Å². The number of nitrogens with two attached hydrogens (primary N) is 1. The number of methoxy groups -OCH3 is 1. The molecular weight excluding hydrogens is 232 g/mol. The van der Waals surface area contributed by atoms with Gasteiger partial charge in [-0.15, -0.1) is 0 Å². The number of para-hydroxylation sites is 1. The zero-order valence-electron chi connectivity index (χ0n) is 10.2. The number of thiocarbonyl (C=S) groups is 1. The molecule has 0 unspecified atom stereocenters. The van der Waals surface area contributed by atoms with Crippen molar-refractivity contribution in [2.45, 2.75) is 31.9 Å². The van der Waals surface area contributed by atoms with E-state index in [4.69, 9.17) is 22.7 Å². The molecule has 1 aromatic rings. The van der Waals surface area contributed by atoms with E-state index in [9.17, 15) is 0 Å². The van der Waals surface area contributed by atoms with Crippen molar-refractivity contribution in [2.75, 3.05) is 12.4 Å². The average molecular weight is 250 g/mol. The van der Waals surface area contributed by atoms with Crippen molar-refractivity contribution in [3.8, 4) is 0 Å². The summed E-state index contributed by atoms with van der Waals surface area (Å²) in [5.41, 5.74) is 8.92. The van der Waals surface area contributed by atoms with Crippen LogP contribution >= 0.6 is 12.2 Å². The molecule has 1 aliphatic rings. The van der Waals surface area contributed by atoms with Crippen LogP contribution in [-0.4, -0.2) is 24.2 Å². The molecule has 0 spiro atoms. The van der Waals surface area contributed by atoms with Gasteiger partial charge in [0.15, 0.2) is 0 Å². The molecule has 1 aliphatic carbocycles. The second kappa shape index (κ2) is 5.02. The molecule has 1 saturated carbocycles. The lowest BCUT2D eigenvalue weighted by Gasteiger charge is -2.36. The highest BCUT2D eigenvalue weighted by Gasteiger charge is 2.29. The summed E-state index contributed by atoms with van der Waals surface area (Å²) >= 11 is 5.08. The molecular formula is C13H18N2OS. The lowest BCUT2D eigenvalue weighted by atomic mass is 9.88. The van der Waals surface area contributed by atoms with Crippen molar-refractivity contribution in [2.24, 2.45) is 5.73 Å². The van der Waals surface area contributed by atoms with E-state index >= 15 is 0 Å². The Labute approximate surface area is 107 Å². The Kier molecular flexibility index (Phi) is 3.64. The summed E-state index contributed by atoms with van der Waals surface area (Å²) in [6, 6.07) is 6.48. The van der Waals surface area contributed by atoms with E-state index in [1.165, 1.54) is 5.56 Å². The summed E-state index contributed by atoms with van der Waals surface area (Å²) in [7, 11) is 1.76. The lowest BCUT2D eigenvalue weighted by Crippen LogP contribution is -2.40. The second-order valence-corrected chi connectivity index (χ2v) is 4.97. The summed E-state index contributed by atoms with van der Waals surface area (Å²) in [6.45, 7) is 2.07. The van der Waals surface area contributed by atoms with Gasteiger partial charge in [0.25, 0.3) is 0 Å². The Bertz CT molecular complexity index is 427. The number of rotatable bonds is 4. The first kappa shape index (κ1) is 12.3. The summed E-state index contributed by atoms with van der Waals surface area (Å²) in [4.78, 5) is 0.443. The van der Waals surface area contributed by atoms with Gasteiger partial charge < -0.3 is 15.8 Å². The third-order valence-corrected chi connectivity index (χ3v) is 3.53. The van der Waals surface area contributed by atoms with Crippen molar-refractivity contribution in [3.63, 3.8) is 0 Å². The average Bonchev–Trinajstić information content (AvgIpc) is 2.24. The normalized spacial score (nSPS) is 22.9. The van der Waals surface area contributed by atoms with Crippen LogP contribution in [0.1, 0.15) is 24.0 Å². The van der Waals surface area contributed by atoms with Crippen LogP contribution in [0.3, 0.4) is 0 Å². The Morgan fingerprint density at radius 1 is 1.47 bits per heavy atom. The zero-order chi connectivity index (χ0) is 12.4. The Morgan fingerprint density at radius 3 is 2.76 bits per heavy atom. The Hall–Kier alpha value is -1.13. The molecule has 1 aromatic carbocycles. The van der Waals surface area contributed by atoms with E-state index in [2.05, 4.69) is 18.3 Å². The summed E-state index contributed by atoms with van der Waals surface area (Å²) in [5.74, 6) is 0. The van der Waals surface area contributed by atoms with Gasteiger partial charge in [-0.1, -0.05) is 24.4 Å². The SMILES string of the molecule is COC1CC(Nc2c(C)cccc2C(N)=S)C1. The molecule has 0 aromatic heterocycles. The number of hydrogen-bond donors (Lipinski definition) is 2. The summed E-state index contributed by atoms with van der Waals surface area (Å²) < 4.78 is 5.27. The van der Waals surface area contributed by atoms with Gasteiger partial charge in [0.05, 0.1) is 6.10 Å². The van der Waals surface area contributed by atoms with Gasteiger partial charge in [-0.3, -0.25) is 0 Å². The van der Waals surface area contributed by atoms with Crippen molar-refractivity contribution >= 4 is 22.9 Å². The minimum absolute atomic E-state index is 0.393. The smallest absolute Gasteiger partial charge is 0.106 e. The molecule has 0 heterocycles. The van der Waals surface area contributed by atoms with E-state index in [1.54, 1.807) is 7.11 Å². The van der Waals surface area contributed by atoms with Crippen LogP contribution in [0.2, 0.25) is 0 Å². The molecule has 0 aliphatic heterocycles. The summed E-state index contributed by atoms with van der Waals surface area (Å²) in [5, 5.41) is 3.51. The maximum absolute atomic E-state index is 5.74. The zero-order valence-corrected chi connectivity index (χ0v) is 11.0. The van der Waals surface area contributed by atoms with Gasteiger partial charge in [-0.2, -0.15) is 0 Å². The van der Waals surface area contributed by atoms with Crippen molar-refractivity contribution in [3.05, 3.63) is 29.3 Å². The number of benzene rings is 1. The standard InChI is InChI=1S/C13H18N2OS/c1-8-4-3-5-11(13(14)17)12(8)15-9-6-10(7-9)16-2/h3-5,9-10,15H,6-7H2,1-2H3,(H2,14,17). The molecule has 1 fully saturated rings. The molecule has 0 radical (unpaired) electrons. The molecule has 17 heavy (non-hydrogen) atoms. The lowest BCUT2D eigenvalue weighted by molar-refractivity contribution is 0.0328. The number of anilines is 1. The fraction of sp³-hybridized carbons (Fsp3) is 0.462. The van der Waals surface area contributed by atoms with Crippen LogP contribution in [0.4, 0.5) is 5.69 Å². The van der Waals surface area contributed by atoms with Crippen LogP contribution in [-0.2, 0) is 4.74 Å². The largest absolute Gasteiger partial charge is 0.389 e. The van der Waals surface area contributed by atoms with E-state index < -0.39 is 0 Å². The highest BCUT2D eigenvalue weighted by atomic mass is 32.1. The quantitative estimate of drug-likeness (QED) is 0.804. The maximum Gasteiger partial charge on any atom is 0.106 e. The number of aryl methyl sites for hydroxylation is 1. The fourth-order valence-electron chi connectivity index (χ4n) is 2.14. The van der Waals surface area contributed by atoms with E-state index in [-0.39, 0.29) is 0 Å². The maximum atomic E-state index is 5.74. The third kappa shape index (κ3) is 2.58. The third-order valence-electron chi connectivity index (χ3n) is 3.31. The highest BCUT2D eigenvalue weighted by Crippen LogP contribution is 2.29. The minimum atomic E-state index is 0.393. The first-order valence-electron chi connectivity index (χ1n) is 5.80. The molecule has 0 saturated heterocycles. The molecule has 0 atom stereocenters. The number of nitrogens with one attached hydrogen (secondary N) is 1. The molecule has 3 nitrogen and oxygen atoms in total. The molecule has 3 N–H and O–H groups in total. The van der Waals surface area contributed by atoms with Gasteiger partial charge in [0.2, 0.25) is 0 Å². The van der Waals surface area contributed by atoms with E-state index in [1.807, 2.05) is 12.1 Å². The summed E-state index contributed by atoms with van der Waals surface area (Å²) in [6.07, 6.45) is 2.48. The predicted octanol–water partition coefficient (Wildman–Crippen LogP) is 2.22. The Balaban J connectivity index is 2.12. The van der Waals surface area contributed by atoms with Crippen molar-refractivity contribution in [1.29, 1.82) is 0 Å². The molecule has 0 bridgehead atoms. The monoisotopic (exact) mass is 250 g/mol. The molecule has 4 heteroatoms. The van der Waals surface area contributed by atoms with Crippen LogP contribution in [0.25, 0.3) is 0 Å². The minimum Gasteiger partial charge on any atom is -0.389 e. The van der Waals surface area contributed by atoms with Crippen LogP contribution in [0.5, 0.6) is 0 Å². The number of ether oxygens (including phenoxy) is 1. The molecule has 2 rings (SSSR count). The number of hydrogen-bond acceptors (Lipinski definition) is 3. The van der Waals surface area contributed by atoms with Crippen LogP contribution in [0, 0.1) is 6.92 Å².